The number of rotatable bonds is 2. The third kappa shape index (κ3) is 2.81. The van der Waals surface area contributed by atoms with Gasteiger partial charge in [0.2, 0.25) is 0 Å². The summed E-state index contributed by atoms with van der Waals surface area (Å²) in [6, 6.07) is 5.90. The second-order valence-corrected chi connectivity index (χ2v) is 3.44. The van der Waals surface area contributed by atoms with E-state index in [-0.39, 0.29) is 0 Å². The minimum Gasteiger partial charge on any atom is -0.398 e. The molecule has 0 aromatic heterocycles. The molecule has 1 rings (SSSR count). The van der Waals surface area contributed by atoms with Crippen LogP contribution in [0.2, 0.25) is 0 Å². The smallest absolute Gasteiger partial charge is 0.0504 e. The molecule has 2 N–H and O–H groups in total. The average Bonchev–Trinajstić information content (AvgIpc) is 2.16. The van der Waals surface area contributed by atoms with Gasteiger partial charge < -0.3 is 5.73 Å². The van der Waals surface area contributed by atoms with Crippen molar-refractivity contribution in [3.05, 3.63) is 29.3 Å². The number of benzene rings is 1. The van der Waals surface area contributed by atoms with E-state index < -0.39 is 0 Å². The quantitative estimate of drug-likeness (QED) is 0.429. The van der Waals surface area contributed by atoms with Crippen molar-refractivity contribution in [1.29, 1.82) is 0 Å². The van der Waals surface area contributed by atoms with Crippen LogP contribution >= 0.6 is 0 Å². The second-order valence-electron chi connectivity index (χ2n) is 3.44. The molecule has 1 aromatic rings. The number of aryl methyl sites for hydroxylation is 1. The van der Waals surface area contributed by atoms with Gasteiger partial charge >= 0.3 is 0 Å². The maximum Gasteiger partial charge on any atom is 0.0504 e. The fourth-order valence-electron chi connectivity index (χ4n) is 1.28. The van der Waals surface area contributed by atoms with Crippen molar-refractivity contribution >= 4 is 5.69 Å². The van der Waals surface area contributed by atoms with Crippen LogP contribution in [0.3, 0.4) is 0 Å². The Kier molecular flexibility index (Phi) is 4.07. The lowest BCUT2D eigenvalue weighted by Gasteiger charge is -2.00. The predicted octanol–water partition coefficient (Wildman–Crippen LogP) is 3.12. The lowest BCUT2D eigenvalue weighted by molar-refractivity contribution is 0.828. The van der Waals surface area contributed by atoms with E-state index in [0.29, 0.717) is 0 Å². The largest absolute Gasteiger partial charge is 0.398 e. The Bertz CT molecular complexity index is 335. The molecule has 0 unspecified atom stereocenters. The zero-order chi connectivity index (χ0) is 10.4. The molecular weight excluding hydrogens is 170 g/mol. The van der Waals surface area contributed by atoms with E-state index in [0.717, 1.165) is 23.2 Å². The molecule has 0 aliphatic heterocycles. The third-order valence-electron chi connectivity index (χ3n) is 2.17. The molecule has 1 nitrogen and oxygen atoms in total. The summed E-state index contributed by atoms with van der Waals surface area (Å²) in [6.07, 6.45) is 3.32. The molecule has 0 saturated heterocycles. The minimum atomic E-state index is 0.786. The summed E-state index contributed by atoms with van der Waals surface area (Å²) in [5.41, 5.74) is 8.77. The number of nitrogens with two attached hydrogens (primary N) is 1. The average molecular weight is 187 g/mol. The summed E-state index contributed by atoms with van der Waals surface area (Å²) in [7, 11) is 0. The van der Waals surface area contributed by atoms with Gasteiger partial charge in [-0.05, 0) is 25.0 Å². The molecule has 0 aliphatic carbocycles. The summed E-state index contributed by atoms with van der Waals surface area (Å²) in [4.78, 5) is 0. The molecule has 14 heavy (non-hydrogen) atoms. The first-order valence-corrected chi connectivity index (χ1v) is 5.09. The van der Waals surface area contributed by atoms with Crippen LogP contribution in [-0.4, -0.2) is 0 Å². The molecule has 0 amide bonds. The first-order chi connectivity index (χ1) is 6.75. The summed E-state index contributed by atoms with van der Waals surface area (Å²) in [5, 5.41) is 0. The van der Waals surface area contributed by atoms with Crippen LogP contribution in [0.25, 0.3) is 0 Å². The van der Waals surface area contributed by atoms with E-state index in [1.165, 1.54) is 12.8 Å². The van der Waals surface area contributed by atoms with Gasteiger partial charge in [0.1, 0.15) is 0 Å². The number of hydrogen-bond donors (Lipinski definition) is 1. The van der Waals surface area contributed by atoms with Crippen molar-refractivity contribution in [3.63, 3.8) is 0 Å². The second kappa shape index (κ2) is 5.34. The van der Waals surface area contributed by atoms with Crippen LogP contribution in [0, 0.1) is 18.8 Å². The van der Waals surface area contributed by atoms with Gasteiger partial charge in [-0.25, -0.2) is 0 Å². The van der Waals surface area contributed by atoms with Gasteiger partial charge in [-0.15, -0.1) is 0 Å². The Morgan fingerprint density at radius 3 is 2.79 bits per heavy atom. The predicted molar refractivity (Wildman–Crippen MR) is 62.0 cm³/mol. The molecule has 0 saturated carbocycles. The highest BCUT2D eigenvalue weighted by molar-refractivity contribution is 5.59. The highest BCUT2D eigenvalue weighted by Gasteiger charge is 1.97. The SMILES string of the molecule is CCCCC#Cc1c(C)cccc1N. The summed E-state index contributed by atoms with van der Waals surface area (Å²) in [5.74, 6) is 6.30. The third-order valence-corrected chi connectivity index (χ3v) is 2.17. The van der Waals surface area contributed by atoms with Crippen molar-refractivity contribution in [2.75, 3.05) is 5.73 Å². The van der Waals surface area contributed by atoms with Crippen LogP contribution in [0.4, 0.5) is 5.69 Å². The maximum absolute atomic E-state index is 5.83. The lowest BCUT2D eigenvalue weighted by Crippen LogP contribution is -1.92. The number of unbranched alkanes of at least 4 members (excludes halogenated alkanes) is 2. The standard InChI is InChI=1S/C13H17N/c1-3-4-5-6-9-12-11(2)8-7-10-13(12)14/h7-8,10H,3-5,14H2,1-2H3. The number of hydrogen-bond acceptors (Lipinski definition) is 1. The fraction of sp³-hybridized carbons (Fsp3) is 0.385. The molecule has 0 spiro atoms. The number of anilines is 1. The van der Waals surface area contributed by atoms with Crippen molar-refractivity contribution in [2.24, 2.45) is 0 Å². The monoisotopic (exact) mass is 187 g/mol. The van der Waals surface area contributed by atoms with Crippen LogP contribution < -0.4 is 5.73 Å². The topological polar surface area (TPSA) is 26.0 Å². The molecular formula is C13H17N. The van der Waals surface area contributed by atoms with Crippen LogP contribution in [-0.2, 0) is 0 Å². The summed E-state index contributed by atoms with van der Waals surface area (Å²) >= 11 is 0. The first kappa shape index (κ1) is 10.7. The van der Waals surface area contributed by atoms with E-state index in [2.05, 4.69) is 18.8 Å². The van der Waals surface area contributed by atoms with Gasteiger partial charge in [-0.1, -0.05) is 37.3 Å². The van der Waals surface area contributed by atoms with Gasteiger partial charge in [0.25, 0.3) is 0 Å². The van der Waals surface area contributed by atoms with E-state index in [4.69, 9.17) is 5.73 Å². The van der Waals surface area contributed by atoms with Gasteiger partial charge in [-0.2, -0.15) is 0 Å². The van der Waals surface area contributed by atoms with Crippen molar-refractivity contribution in [1.82, 2.24) is 0 Å². The Hall–Kier alpha value is -1.42. The molecule has 0 aliphatic rings. The molecule has 0 heterocycles. The Balaban J connectivity index is 2.78. The number of nitrogen functional groups attached to an aromatic ring is 1. The molecule has 0 bridgehead atoms. The van der Waals surface area contributed by atoms with Gasteiger partial charge in [-0.3, -0.25) is 0 Å². The zero-order valence-electron chi connectivity index (χ0n) is 8.93. The highest BCUT2D eigenvalue weighted by Crippen LogP contribution is 2.14. The Morgan fingerprint density at radius 2 is 2.14 bits per heavy atom. The van der Waals surface area contributed by atoms with Gasteiger partial charge in [0, 0.05) is 12.1 Å². The first-order valence-electron chi connectivity index (χ1n) is 5.09. The van der Waals surface area contributed by atoms with Crippen molar-refractivity contribution in [3.8, 4) is 11.8 Å². The lowest BCUT2D eigenvalue weighted by atomic mass is 10.1. The summed E-state index contributed by atoms with van der Waals surface area (Å²) < 4.78 is 0. The van der Waals surface area contributed by atoms with E-state index in [1.807, 2.05) is 25.1 Å². The molecule has 1 heteroatoms. The maximum atomic E-state index is 5.83. The van der Waals surface area contributed by atoms with Gasteiger partial charge in [0.05, 0.1) is 5.56 Å². The van der Waals surface area contributed by atoms with Crippen molar-refractivity contribution < 1.29 is 0 Å². The van der Waals surface area contributed by atoms with Crippen LogP contribution in [0.1, 0.15) is 37.3 Å². The van der Waals surface area contributed by atoms with Crippen molar-refractivity contribution in [2.45, 2.75) is 33.1 Å². The fourth-order valence-corrected chi connectivity index (χ4v) is 1.28. The molecule has 74 valence electrons. The van der Waals surface area contributed by atoms with E-state index in [1.54, 1.807) is 0 Å². The van der Waals surface area contributed by atoms with Crippen LogP contribution in [0.15, 0.2) is 18.2 Å². The molecule has 0 atom stereocenters. The van der Waals surface area contributed by atoms with E-state index in [9.17, 15) is 0 Å². The Labute approximate surface area is 86.3 Å². The molecule has 0 radical (unpaired) electrons. The normalized spacial score (nSPS) is 9.29. The molecule has 0 fully saturated rings. The zero-order valence-corrected chi connectivity index (χ0v) is 8.93. The minimum absolute atomic E-state index is 0.786. The summed E-state index contributed by atoms with van der Waals surface area (Å²) in [6.45, 7) is 4.21. The highest BCUT2D eigenvalue weighted by atomic mass is 14.6. The van der Waals surface area contributed by atoms with E-state index >= 15 is 0 Å². The Morgan fingerprint density at radius 1 is 1.36 bits per heavy atom. The molecule has 1 aromatic carbocycles. The van der Waals surface area contributed by atoms with Crippen LogP contribution in [0.5, 0.6) is 0 Å². The van der Waals surface area contributed by atoms with Gasteiger partial charge in [0.15, 0.2) is 0 Å².